The summed E-state index contributed by atoms with van der Waals surface area (Å²) in [5.41, 5.74) is 3.95. The van der Waals surface area contributed by atoms with Crippen LogP contribution in [0.15, 0.2) is 76.5 Å². The van der Waals surface area contributed by atoms with E-state index in [9.17, 15) is 13.5 Å². The summed E-state index contributed by atoms with van der Waals surface area (Å²) in [6.07, 6.45) is 1.14. The van der Waals surface area contributed by atoms with Crippen molar-refractivity contribution >= 4 is 56.5 Å². The molecule has 0 saturated heterocycles. The number of phenols is 1. The third-order valence-corrected chi connectivity index (χ3v) is 6.51. The van der Waals surface area contributed by atoms with E-state index < -0.39 is 10.0 Å². The zero-order valence-electron chi connectivity index (χ0n) is 17.8. The molecule has 0 saturated carbocycles. The fraction of sp³-hybridized carbons (Fsp3) is 0.130. The number of anilines is 2. The number of sulfonamides is 1. The number of fused-ring (bicyclic) bond motifs is 1. The molecule has 0 unspecified atom stereocenters. The van der Waals surface area contributed by atoms with Crippen LogP contribution in [0.2, 0.25) is 0 Å². The number of aromatic amines is 1. The van der Waals surface area contributed by atoms with Gasteiger partial charge in [-0.05, 0) is 48.5 Å². The highest BCUT2D eigenvalue weighted by Gasteiger charge is 2.17. The second-order valence-electron chi connectivity index (χ2n) is 7.48. The Balaban J connectivity index is 0.00000289. The van der Waals surface area contributed by atoms with E-state index in [1.165, 1.54) is 0 Å². The molecule has 3 N–H and O–H groups in total. The number of aromatic nitrogens is 1. The highest BCUT2D eigenvalue weighted by atomic mass is 35.5. The summed E-state index contributed by atoms with van der Waals surface area (Å²) in [6.45, 7) is 0. The van der Waals surface area contributed by atoms with Gasteiger partial charge in [0.1, 0.15) is 5.75 Å². The van der Waals surface area contributed by atoms with Crippen LogP contribution < -0.4 is 9.62 Å². The van der Waals surface area contributed by atoms with Crippen molar-refractivity contribution in [2.24, 2.45) is 0 Å². The molecule has 1 aromatic heterocycles. The highest BCUT2D eigenvalue weighted by Crippen LogP contribution is 2.43. The van der Waals surface area contributed by atoms with E-state index >= 15 is 0 Å². The molecule has 0 atom stereocenters. The molecule has 0 spiro atoms. The summed E-state index contributed by atoms with van der Waals surface area (Å²) >= 11 is 1.61. The zero-order chi connectivity index (χ0) is 22.2. The Bertz CT molecular complexity index is 1350. The predicted octanol–water partition coefficient (Wildman–Crippen LogP) is 5.55. The van der Waals surface area contributed by atoms with Crippen LogP contribution in [-0.2, 0) is 10.0 Å². The normalized spacial score (nSPS) is 11.2. The molecular formula is C23H24ClN3O3S2. The van der Waals surface area contributed by atoms with Gasteiger partial charge in [-0.3, -0.25) is 4.72 Å². The minimum absolute atomic E-state index is 0. The second kappa shape index (κ2) is 9.36. The molecule has 1 heterocycles. The van der Waals surface area contributed by atoms with E-state index in [1.54, 1.807) is 23.9 Å². The summed E-state index contributed by atoms with van der Waals surface area (Å²) in [6, 6.07) is 21.0. The van der Waals surface area contributed by atoms with Crippen LogP contribution in [0.3, 0.4) is 0 Å². The van der Waals surface area contributed by atoms with E-state index in [4.69, 9.17) is 0 Å². The van der Waals surface area contributed by atoms with Crippen LogP contribution in [-0.4, -0.2) is 38.9 Å². The van der Waals surface area contributed by atoms with Crippen LogP contribution in [0.5, 0.6) is 5.75 Å². The third-order valence-electron chi connectivity index (χ3n) is 4.76. The first-order valence-electron chi connectivity index (χ1n) is 9.58. The van der Waals surface area contributed by atoms with E-state index in [-0.39, 0.29) is 18.2 Å². The number of halogens is 1. The summed E-state index contributed by atoms with van der Waals surface area (Å²) < 4.78 is 26.0. The summed E-state index contributed by atoms with van der Waals surface area (Å²) in [7, 11) is 0.380. The standard InChI is InChI=1S/C23H23N3O3S2.ClH/c1-26(2)20-13-15(9-12-21(20)27)22-23(30-17-7-5-4-6-8-17)18-14-16(25-31(3,28)29)10-11-19(18)24-22;/h4-14,24-25,27H,1-3H3;1H. The first-order valence-corrected chi connectivity index (χ1v) is 12.3. The van der Waals surface area contributed by atoms with Crippen LogP contribution in [0, 0.1) is 0 Å². The largest absolute Gasteiger partial charge is 0.506 e. The molecule has 32 heavy (non-hydrogen) atoms. The molecule has 6 nitrogen and oxygen atoms in total. The van der Waals surface area contributed by atoms with Crippen molar-refractivity contribution in [1.82, 2.24) is 4.98 Å². The molecule has 0 bridgehead atoms. The number of phenolic OH excluding ortho intramolecular Hbond substituents is 1. The molecule has 0 fully saturated rings. The van der Waals surface area contributed by atoms with Gasteiger partial charge in [0.25, 0.3) is 0 Å². The van der Waals surface area contributed by atoms with Gasteiger partial charge in [0.05, 0.1) is 17.6 Å². The quantitative estimate of drug-likeness (QED) is 0.330. The molecule has 0 aliphatic heterocycles. The van der Waals surface area contributed by atoms with Gasteiger partial charge in [0.15, 0.2) is 0 Å². The Morgan fingerprint density at radius 1 is 1.00 bits per heavy atom. The van der Waals surface area contributed by atoms with Gasteiger partial charge in [0, 0.05) is 46.0 Å². The number of hydrogen-bond donors (Lipinski definition) is 3. The Kier molecular flexibility index (Phi) is 6.97. The van der Waals surface area contributed by atoms with Crippen LogP contribution in [0.4, 0.5) is 11.4 Å². The third kappa shape index (κ3) is 5.15. The number of hydrogen-bond acceptors (Lipinski definition) is 5. The van der Waals surface area contributed by atoms with Crippen LogP contribution in [0.1, 0.15) is 0 Å². The van der Waals surface area contributed by atoms with Gasteiger partial charge in [-0.1, -0.05) is 30.0 Å². The number of H-pyrrole nitrogens is 1. The average Bonchev–Trinajstić information content (AvgIpc) is 3.05. The van der Waals surface area contributed by atoms with Crippen LogP contribution in [0.25, 0.3) is 22.2 Å². The first-order chi connectivity index (χ1) is 14.7. The SMILES string of the molecule is CN(C)c1cc(-c2[nH]c3ccc(NS(C)(=O)=O)cc3c2Sc2ccccc2)ccc1O.Cl. The Hall–Kier alpha value is -2.81. The monoisotopic (exact) mass is 489 g/mol. The highest BCUT2D eigenvalue weighted by molar-refractivity contribution is 7.99. The average molecular weight is 490 g/mol. The maximum absolute atomic E-state index is 11.7. The lowest BCUT2D eigenvalue weighted by molar-refractivity contribution is 0.476. The predicted molar refractivity (Wildman–Crippen MR) is 136 cm³/mol. The molecule has 168 valence electrons. The Labute approximate surface area is 198 Å². The Morgan fingerprint density at radius 2 is 1.72 bits per heavy atom. The Morgan fingerprint density at radius 3 is 2.38 bits per heavy atom. The lowest BCUT2D eigenvalue weighted by atomic mass is 10.1. The minimum Gasteiger partial charge on any atom is -0.506 e. The second-order valence-corrected chi connectivity index (χ2v) is 10.3. The maximum Gasteiger partial charge on any atom is 0.229 e. The van der Waals surface area contributed by atoms with Crippen molar-refractivity contribution in [3.05, 3.63) is 66.7 Å². The number of nitrogens with one attached hydrogen (secondary N) is 2. The maximum atomic E-state index is 11.7. The molecule has 4 aromatic rings. The van der Waals surface area contributed by atoms with Gasteiger partial charge in [-0.25, -0.2) is 8.42 Å². The van der Waals surface area contributed by atoms with Crippen molar-refractivity contribution in [3.63, 3.8) is 0 Å². The van der Waals surface area contributed by atoms with Gasteiger partial charge >= 0.3 is 0 Å². The number of benzene rings is 3. The molecular weight excluding hydrogens is 466 g/mol. The molecule has 0 amide bonds. The lowest BCUT2D eigenvalue weighted by Crippen LogP contribution is -2.09. The molecule has 9 heteroatoms. The van der Waals surface area contributed by atoms with Crippen molar-refractivity contribution in [3.8, 4) is 17.0 Å². The van der Waals surface area contributed by atoms with Gasteiger partial charge in [-0.2, -0.15) is 0 Å². The van der Waals surface area contributed by atoms with E-state index in [1.807, 2.05) is 73.6 Å². The number of aromatic hydroxyl groups is 1. The van der Waals surface area contributed by atoms with Gasteiger partial charge in [-0.15, -0.1) is 12.4 Å². The van der Waals surface area contributed by atoms with Gasteiger partial charge in [0.2, 0.25) is 10.0 Å². The summed E-state index contributed by atoms with van der Waals surface area (Å²) in [5.74, 6) is 0.210. The molecule has 4 rings (SSSR count). The van der Waals surface area contributed by atoms with E-state index in [2.05, 4.69) is 9.71 Å². The van der Waals surface area contributed by atoms with Crippen LogP contribution >= 0.6 is 24.2 Å². The van der Waals surface area contributed by atoms with Crippen molar-refractivity contribution < 1.29 is 13.5 Å². The van der Waals surface area contributed by atoms with Gasteiger partial charge < -0.3 is 15.0 Å². The number of rotatable bonds is 6. The molecule has 0 aliphatic rings. The fourth-order valence-corrected chi connectivity index (χ4v) is 5.03. The molecule has 0 aliphatic carbocycles. The molecule has 3 aromatic carbocycles. The van der Waals surface area contributed by atoms with E-state index in [0.717, 1.165) is 38.2 Å². The molecule has 0 radical (unpaired) electrons. The minimum atomic E-state index is -3.38. The summed E-state index contributed by atoms with van der Waals surface area (Å²) in [4.78, 5) is 7.39. The first kappa shape index (κ1) is 23.8. The smallest absolute Gasteiger partial charge is 0.229 e. The lowest BCUT2D eigenvalue weighted by Gasteiger charge is -2.15. The topological polar surface area (TPSA) is 85.4 Å². The van der Waals surface area contributed by atoms with Crippen molar-refractivity contribution in [2.45, 2.75) is 9.79 Å². The van der Waals surface area contributed by atoms with Crippen molar-refractivity contribution in [2.75, 3.05) is 30.0 Å². The fourth-order valence-electron chi connectivity index (χ4n) is 3.40. The van der Waals surface area contributed by atoms with E-state index in [0.29, 0.717) is 11.4 Å². The zero-order valence-corrected chi connectivity index (χ0v) is 20.2. The number of nitrogens with zero attached hydrogens (tertiary/aromatic N) is 1. The van der Waals surface area contributed by atoms with Crippen molar-refractivity contribution in [1.29, 1.82) is 0 Å². The summed E-state index contributed by atoms with van der Waals surface area (Å²) in [5, 5.41) is 11.1.